The zero-order valence-electron chi connectivity index (χ0n) is 7.45. The molecule has 0 aromatic carbocycles. The van der Waals surface area contributed by atoms with Crippen molar-refractivity contribution in [3.05, 3.63) is 24.8 Å². The van der Waals surface area contributed by atoms with Crippen LogP contribution in [0.2, 0.25) is 0 Å². The van der Waals surface area contributed by atoms with Gasteiger partial charge in [-0.3, -0.25) is 0 Å². The number of imidazole rings is 2. The third-order valence-electron chi connectivity index (χ3n) is 1.84. The summed E-state index contributed by atoms with van der Waals surface area (Å²) >= 11 is 0. The number of nitrogens with zero attached hydrogens (tertiary/aromatic N) is 4. The first kappa shape index (κ1) is 10.1. The zero-order chi connectivity index (χ0) is 8.55. The smallest absolute Gasteiger partial charge is 0.176 e. The topological polar surface area (TPSA) is 35.6 Å². The van der Waals surface area contributed by atoms with Crippen LogP contribution in [0.15, 0.2) is 24.8 Å². The molecule has 2 rings (SSSR count). The predicted molar refractivity (Wildman–Crippen MR) is 45.4 cm³/mol. The van der Waals surface area contributed by atoms with Crippen molar-refractivity contribution >= 4 is 0 Å². The van der Waals surface area contributed by atoms with Crippen LogP contribution in [-0.4, -0.2) is 19.1 Å². The molecule has 0 aliphatic heterocycles. The zero-order valence-corrected chi connectivity index (χ0v) is 9.19. The Labute approximate surface area is 89.4 Å². The van der Waals surface area contributed by atoms with Crippen LogP contribution < -0.4 is 0 Å². The van der Waals surface area contributed by atoms with Crippen LogP contribution in [0.25, 0.3) is 11.6 Å². The van der Waals surface area contributed by atoms with Gasteiger partial charge in [0, 0.05) is 58.4 Å². The fraction of sp³-hybridized carbons (Fsp3) is 0.250. The maximum atomic E-state index is 4.20. The Morgan fingerprint density at radius 2 is 1.31 bits per heavy atom. The SMILES string of the molecule is Cn1ccnc1-c1nccn1C.[Ru]. The molecule has 0 spiro atoms. The molecule has 0 atom stereocenters. The molecule has 0 N–H and O–H groups in total. The van der Waals surface area contributed by atoms with Gasteiger partial charge in [-0.1, -0.05) is 0 Å². The summed E-state index contributed by atoms with van der Waals surface area (Å²) in [6.45, 7) is 0. The van der Waals surface area contributed by atoms with E-state index in [1.165, 1.54) is 0 Å². The Balaban J connectivity index is 0.000000845. The van der Waals surface area contributed by atoms with Crippen LogP contribution in [0.1, 0.15) is 0 Å². The molecule has 0 aliphatic carbocycles. The molecule has 2 aromatic rings. The van der Waals surface area contributed by atoms with E-state index in [1.54, 1.807) is 12.4 Å². The molecule has 2 heterocycles. The van der Waals surface area contributed by atoms with Crippen molar-refractivity contribution in [1.29, 1.82) is 0 Å². The molecule has 70 valence electrons. The maximum Gasteiger partial charge on any atom is 0.176 e. The van der Waals surface area contributed by atoms with Crippen LogP contribution in [0.5, 0.6) is 0 Å². The number of hydrogen-bond acceptors (Lipinski definition) is 2. The first-order valence-corrected chi connectivity index (χ1v) is 3.74. The molecule has 0 saturated heterocycles. The van der Waals surface area contributed by atoms with Crippen molar-refractivity contribution in [1.82, 2.24) is 19.1 Å². The number of rotatable bonds is 1. The van der Waals surface area contributed by atoms with E-state index in [2.05, 4.69) is 9.97 Å². The van der Waals surface area contributed by atoms with Crippen molar-refractivity contribution in [2.24, 2.45) is 14.1 Å². The summed E-state index contributed by atoms with van der Waals surface area (Å²) in [5, 5.41) is 0. The quantitative estimate of drug-likeness (QED) is 0.714. The molecule has 4 nitrogen and oxygen atoms in total. The van der Waals surface area contributed by atoms with Crippen LogP contribution in [-0.2, 0) is 33.6 Å². The molecule has 0 bridgehead atoms. The average molecular weight is 263 g/mol. The summed E-state index contributed by atoms with van der Waals surface area (Å²) in [7, 11) is 3.91. The van der Waals surface area contributed by atoms with E-state index in [0.29, 0.717) is 0 Å². The number of aryl methyl sites for hydroxylation is 2. The molecular weight excluding hydrogens is 253 g/mol. The van der Waals surface area contributed by atoms with Gasteiger partial charge in [-0.25, -0.2) is 9.97 Å². The Kier molecular flexibility index (Phi) is 2.99. The monoisotopic (exact) mass is 264 g/mol. The molecule has 13 heavy (non-hydrogen) atoms. The van der Waals surface area contributed by atoms with Crippen molar-refractivity contribution in [3.63, 3.8) is 0 Å². The van der Waals surface area contributed by atoms with E-state index in [9.17, 15) is 0 Å². The number of hydrogen-bond donors (Lipinski definition) is 0. The van der Waals surface area contributed by atoms with Gasteiger partial charge < -0.3 is 9.13 Å². The second kappa shape index (κ2) is 3.83. The molecule has 0 radical (unpaired) electrons. The van der Waals surface area contributed by atoms with E-state index in [-0.39, 0.29) is 19.5 Å². The minimum absolute atomic E-state index is 0. The molecule has 0 saturated carbocycles. The minimum Gasteiger partial charge on any atom is -0.331 e. The fourth-order valence-corrected chi connectivity index (χ4v) is 1.16. The Hall–Kier alpha value is -0.957. The van der Waals surface area contributed by atoms with Gasteiger partial charge in [-0.05, 0) is 0 Å². The third kappa shape index (κ3) is 1.70. The summed E-state index contributed by atoms with van der Waals surface area (Å²) in [4.78, 5) is 8.40. The summed E-state index contributed by atoms with van der Waals surface area (Å²) in [5.74, 6) is 1.78. The maximum absolute atomic E-state index is 4.20. The van der Waals surface area contributed by atoms with E-state index >= 15 is 0 Å². The summed E-state index contributed by atoms with van der Waals surface area (Å²) < 4.78 is 3.89. The second-order valence-corrected chi connectivity index (χ2v) is 2.72. The second-order valence-electron chi connectivity index (χ2n) is 2.72. The van der Waals surface area contributed by atoms with Crippen LogP contribution in [0.4, 0.5) is 0 Å². The predicted octanol–water partition coefficient (Wildman–Crippen LogP) is 0.818. The molecule has 2 aromatic heterocycles. The van der Waals surface area contributed by atoms with Gasteiger partial charge in [0.25, 0.3) is 0 Å². The van der Waals surface area contributed by atoms with Gasteiger partial charge in [0.1, 0.15) is 0 Å². The van der Waals surface area contributed by atoms with Gasteiger partial charge in [-0.2, -0.15) is 0 Å². The van der Waals surface area contributed by atoms with Gasteiger partial charge >= 0.3 is 0 Å². The van der Waals surface area contributed by atoms with Crippen LogP contribution in [0.3, 0.4) is 0 Å². The van der Waals surface area contributed by atoms with E-state index in [0.717, 1.165) is 11.6 Å². The van der Waals surface area contributed by atoms with Crippen LogP contribution in [0, 0.1) is 0 Å². The van der Waals surface area contributed by atoms with Gasteiger partial charge in [0.05, 0.1) is 0 Å². The molecular formula is C8H10N4Ru. The standard InChI is InChI=1S/C8H10N4.Ru/c1-11-5-3-9-7(11)8-10-4-6-12(8)2;/h3-6H,1-2H3;. The van der Waals surface area contributed by atoms with Crippen molar-refractivity contribution in [2.75, 3.05) is 0 Å². The van der Waals surface area contributed by atoms with E-state index < -0.39 is 0 Å². The van der Waals surface area contributed by atoms with Gasteiger partial charge in [0.15, 0.2) is 11.6 Å². The fourth-order valence-electron chi connectivity index (χ4n) is 1.16. The summed E-state index contributed by atoms with van der Waals surface area (Å²) in [6.07, 6.45) is 7.35. The Morgan fingerprint density at radius 1 is 0.923 bits per heavy atom. The third-order valence-corrected chi connectivity index (χ3v) is 1.84. The van der Waals surface area contributed by atoms with Crippen molar-refractivity contribution in [3.8, 4) is 11.6 Å². The van der Waals surface area contributed by atoms with Crippen LogP contribution >= 0.6 is 0 Å². The molecule has 0 aliphatic rings. The van der Waals surface area contributed by atoms with Gasteiger partial charge in [0.2, 0.25) is 0 Å². The normalized spacial score (nSPS) is 9.69. The molecule has 0 unspecified atom stereocenters. The average Bonchev–Trinajstić information content (AvgIpc) is 2.59. The van der Waals surface area contributed by atoms with Crippen molar-refractivity contribution < 1.29 is 19.5 Å². The summed E-state index contributed by atoms with van der Waals surface area (Å²) in [6, 6.07) is 0. The molecule has 0 fully saturated rings. The van der Waals surface area contributed by atoms with E-state index in [4.69, 9.17) is 0 Å². The van der Waals surface area contributed by atoms with Gasteiger partial charge in [-0.15, -0.1) is 0 Å². The molecule has 0 amide bonds. The minimum atomic E-state index is 0. The van der Waals surface area contributed by atoms with Crippen molar-refractivity contribution in [2.45, 2.75) is 0 Å². The van der Waals surface area contributed by atoms with E-state index in [1.807, 2.05) is 35.6 Å². The number of aromatic nitrogens is 4. The first-order valence-electron chi connectivity index (χ1n) is 3.74. The molecule has 5 heteroatoms. The largest absolute Gasteiger partial charge is 0.331 e. The first-order chi connectivity index (χ1) is 5.79. The Bertz CT molecular complexity index is 352. The Morgan fingerprint density at radius 3 is 1.54 bits per heavy atom. The summed E-state index contributed by atoms with van der Waals surface area (Å²) in [5.41, 5.74) is 0.